The Morgan fingerprint density at radius 3 is 2.41 bits per heavy atom. The fourth-order valence-electron chi connectivity index (χ4n) is 2.94. The number of nitrogens with zero attached hydrogens (tertiary/aromatic N) is 3. The maximum absolute atomic E-state index is 13.0. The molecule has 4 aromatic rings. The zero-order valence-corrected chi connectivity index (χ0v) is 18.0. The molecule has 0 unspecified atom stereocenters. The van der Waals surface area contributed by atoms with Crippen LogP contribution in [0.1, 0.15) is 27.3 Å². The molecule has 164 valence electrons. The van der Waals surface area contributed by atoms with Crippen LogP contribution >= 0.6 is 23.4 Å². The van der Waals surface area contributed by atoms with Crippen molar-refractivity contribution < 1.29 is 18.0 Å². The quantitative estimate of drug-likeness (QED) is 0.367. The van der Waals surface area contributed by atoms with Crippen molar-refractivity contribution in [1.29, 1.82) is 0 Å². The summed E-state index contributed by atoms with van der Waals surface area (Å²) in [4.78, 5) is 13.5. The SMILES string of the molecule is O=C(NCc1nnc2ccc(C(F)(F)F)cn12)c1ccc(CSc2ccc(Cl)cc2)cc1. The number of fused-ring (bicyclic) bond motifs is 1. The number of pyridine rings is 1. The molecule has 10 heteroatoms. The molecule has 2 heterocycles. The standard InChI is InChI=1S/C22H16ClF3N4OS/c23-17-6-8-18(9-7-17)32-13-14-1-3-15(4-2-14)21(31)27-11-20-29-28-19-10-5-16(12-30(19)20)22(24,25)26/h1-10,12H,11,13H2,(H,27,31). The Morgan fingerprint density at radius 2 is 1.72 bits per heavy atom. The number of amides is 1. The van der Waals surface area contributed by atoms with Gasteiger partial charge in [-0.05, 0) is 54.1 Å². The van der Waals surface area contributed by atoms with E-state index in [0.717, 1.165) is 28.5 Å². The summed E-state index contributed by atoms with van der Waals surface area (Å²) in [6.07, 6.45) is -3.56. The number of halogens is 4. The number of thioether (sulfide) groups is 1. The normalized spacial score (nSPS) is 11.6. The third-order valence-corrected chi connectivity index (χ3v) is 5.98. The molecule has 0 bridgehead atoms. The van der Waals surface area contributed by atoms with Gasteiger partial charge in [-0.2, -0.15) is 13.2 Å². The van der Waals surface area contributed by atoms with E-state index in [-0.39, 0.29) is 23.9 Å². The lowest BCUT2D eigenvalue weighted by atomic mass is 10.1. The van der Waals surface area contributed by atoms with E-state index in [0.29, 0.717) is 10.6 Å². The number of rotatable bonds is 6. The van der Waals surface area contributed by atoms with Gasteiger partial charge in [0.05, 0.1) is 12.1 Å². The first kappa shape index (κ1) is 22.2. The summed E-state index contributed by atoms with van der Waals surface area (Å²) in [5.74, 6) is 0.581. The van der Waals surface area contributed by atoms with Crippen LogP contribution in [0.3, 0.4) is 0 Å². The van der Waals surface area contributed by atoms with Gasteiger partial charge in [-0.1, -0.05) is 23.7 Å². The van der Waals surface area contributed by atoms with Crippen LogP contribution in [0.15, 0.2) is 71.8 Å². The molecule has 1 amide bonds. The van der Waals surface area contributed by atoms with Gasteiger partial charge in [0.1, 0.15) is 0 Å². The van der Waals surface area contributed by atoms with Crippen molar-refractivity contribution in [3.05, 3.63) is 94.4 Å². The van der Waals surface area contributed by atoms with E-state index in [2.05, 4.69) is 15.5 Å². The number of benzene rings is 2. The first-order chi connectivity index (χ1) is 15.3. The van der Waals surface area contributed by atoms with Crippen molar-refractivity contribution in [3.8, 4) is 0 Å². The van der Waals surface area contributed by atoms with E-state index in [9.17, 15) is 18.0 Å². The second kappa shape index (κ2) is 9.22. The van der Waals surface area contributed by atoms with Crippen LogP contribution in [-0.4, -0.2) is 20.5 Å². The molecule has 0 fully saturated rings. The van der Waals surface area contributed by atoms with E-state index < -0.39 is 11.7 Å². The molecule has 0 radical (unpaired) electrons. The number of carbonyl (C=O) groups excluding carboxylic acids is 1. The Balaban J connectivity index is 1.37. The summed E-state index contributed by atoms with van der Waals surface area (Å²) in [7, 11) is 0. The van der Waals surface area contributed by atoms with Crippen LogP contribution in [0.2, 0.25) is 5.02 Å². The van der Waals surface area contributed by atoms with Crippen LogP contribution in [0, 0.1) is 0 Å². The lowest BCUT2D eigenvalue weighted by Crippen LogP contribution is -2.24. The first-order valence-corrected chi connectivity index (χ1v) is 10.8. The van der Waals surface area contributed by atoms with Crippen LogP contribution < -0.4 is 5.32 Å². The van der Waals surface area contributed by atoms with Gasteiger partial charge in [0, 0.05) is 27.4 Å². The second-order valence-corrected chi connectivity index (χ2v) is 8.37. The second-order valence-electron chi connectivity index (χ2n) is 6.88. The third kappa shape index (κ3) is 5.23. The van der Waals surface area contributed by atoms with Crippen molar-refractivity contribution in [2.24, 2.45) is 0 Å². The number of hydrogen-bond donors (Lipinski definition) is 1. The van der Waals surface area contributed by atoms with Gasteiger partial charge in [0.25, 0.3) is 5.91 Å². The molecule has 0 aliphatic carbocycles. The summed E-state index contributed by atoms with van der Waals surface area (Å²) in [6.45, 7) is -0.0600. The van der Waals surface area contributed by atoms with Gasteiger partial charge in [0.15, 0.2) is 11.5 Å². The molecule has 0 saturated carbocycles. The number of aromatic nitrogens is 3. The molecule has 2 aromatic heterocycles. The van der Waals surface area contributed by atoms with Gasteiger partial charge in [-0.3, -0.25) is 9.20 Å². The minimum atomic E-state index is -4.48. The van der Waals surface area contributed by atoms with Crippen molar-refractivity contribution in [1.82, 2.24) is 19.9 Å². The number of hydrogen-bond acceptors (Lipinski definition) is 4. The molecule has 0 saturated heterocycles. The Bertz CT molecular complexity index is 1240. The Labute approximate surface area is 190 Å². The zero-order chi connectivity index (χ0) is 22.7. The average molecular weight is 477 g/mol. The molecular formula is C22H16ClF3N4OS. The highest BCUT2D eigenvalue weighted by atomic mass is 35.5. The fraction of sp³-hybridized carbons (Fsp3) is 0.136. The van der Waals surface area contributed by atoms with E-state index in [1.54, 1.807) is 23.9 Å². The predicted octanol–water partition coefficient (Wildman–Crippen LogP) is 5.62. The van der Waals surface area contributed by atoms with Crippen LogP contribution in [0.5, 0.6) is 0 Å². The molecule has 0 aliphatic heterocycles. The summed E-state index contributed by atoms with van der Waals surface area (Å²) < 4.78 is 40.1. The maximum atomic E-state index is 13.0. The maximum Gasteiger partial charge on any atom is 0.417 e. The topological polar surface area (TPSA) is 59.3 Å². The predicted molar refractivity (Wildman–Crippen MR) is 117 cm³/mol. The van der Waals surface area contributed by atoms with E-state index >= 15 is 0 Å². The summed E-state index contributed by atoms with van der Waals surface area (Å²) in [6, 6.07) is 16.9. The smallest absolute Gasteiger partial charge is 0.345 e. The van der Waals surface area contributed by atoms with Crippen molar-refractivity contribution >= 4 is 34.9 Å². The molecule has 0 spiro atoms. The fourth-order valence-corrected chi connectivity index (χ4v) is 3.92. The van der Waals surface area contributed by atoms with E-state index in [1.165, 1.54) is 10.5 Å². The van der Waals surface area contributed by atoms with Crippen molar-refractivity contribution in [2.75, 3.05) is 0 Å². The molecule has 4 rings (SSSR count). The van der Waals surface area contributed by atoms with Crippen molar-refractivity contribution in [3.63, 3.8) is 0 Å². The highest BCUT2D eigenvalue weighted by Gasteiger charge is 2.31. The van der Waals surface area contributed by atoms with E-state index in [4.69, 9.17) is 11.6 Å². The lowest BCUT2D eigenvalue weighted by molar-refractivity contribution is -0.137. The van der Waals surface area contributed by atoms with Crippen LogP contribution in [-0.2, 0) is 18.5 Å². The monoisotopic (exact) mass is 476 g/mol. The molecule has 32 heavy (non-hydrogen) atoms. The minimum absolute atomic E-state index is 0.0600. The number of nitrogens with one attached hydrogen (secondary N) is 1. The third-order valence-electron chi connectivity index (χ3n) is 4.64. The Kier molecular flexibility index (Phi) is 6.38. The molecule has 2 aromatic carbocycles. The highest BCUT2D eigenvalue weighted by Crippen LogP contribution is 2.29. The Morgan fingerprint density at radius 1 is 1.00 bits per heavy atom. The summed E-state index contributed by atoms with van der Waals surface area (Å²) in [5, 5.41) is 11.1. The lowest BCUT2D eigenvalue weighted by Gasteiger charge is -2.08. The van der Waals surface area contributed by atoms with Crippen molar-refractivity contribution in [2.45, 2.75) is 23.4 Å². The summed E-state index contributed by atoms with van der Waals surface area (Å²) >= 11 is 7.54. The molecule has 0 aliphatic rings. The van der Waals surface area contributed by atoms with Gasteiger partial charge in [-0.15, -0.1) is 22.0 Å². The molecule has 1 N–H and O–H groups in total. The largest absolute Gasteiger partial charge is 0.417 e. The van der Waals surface area contributed by atoms with Gasteiger partial charge in [-0.25, -0.2) is 0 Å². The molecule has 5 nitrogen and oxygen atoms in total. The highest BCUT2D eigenvalue weighted by molar-refractivity contribution is 7.98. The summed E-state index contributed by atoms with van der Waals surface area (Å²) in [5.41, 5.74) is 0.939. The first-order valence-electron chi connectivity index (χ1n) is 9.46. The van der Waals surface area contributed by atoms with Crippen LogP contribution in [0.25, 0.3) is 5.65 Å². The van der Waals surface area contributed by atoms with Gasteiger partial charge in [0.2, 0.25) is 0 Å². The molecular weight excluding hydrogens is 461 g/mol. The van der Waals surface area contributed by atoms with Crippen LogP contribution in [0.4, 0.5) is 13.2 Å². The van der Waals surface area contributed by atoms with Gasteiger partial charge < -0.3 is 5.32 Å². The van der Waals surface area contributed by atoms with Gasteiger partial charge >= 0.3 is 6.18 Å². The minimum Gasteiger partial charge on any atom is -0.345 e. The number of alkyl halides is 3. The molecule has 0 atom stereocenters. The average Bonchev–Trinajstić information content (AvgIpc) is 3.19. The number of carbonyl (C=O) groups is 1. The Hall–Kier alpha value is -3.04. The zero-order valence-electron chi connectivity index (χ0n) is 16.4. The van der Waals surface area contributed by atoms with E-state index in [1.807, 2.05) is 36.4 Å².